The average Bonchev–Trinajstić information content (AvgIpc) is 3.64. The first kappa shape index (κ1) is 28.9. The molecule has 1 aliphatic heterocycles. The molecule has 1 unspecified atom stereocenters. The number of carbonyl (C=O) groups excluding carboxylic acids is 2. The molecule has 4 heterocycles. The van der Waals surface area contributed by atoms with Crippen molar-refractivity contribution in [3.63, 3.8) is 0 Å². The van der Waals surface area contributed by atoms with Crippen molar-refractivity contribution in [1.29, 1.82) is 0 Å². The largest absolute Gasteiger partial charge is 0.433 e. The number of aromatic amines is 1. The van der Waals surface area contributed by atoms with Gasteiger partial charge in [-0.2, -0.15) is 18.3 Å². The highest BCUT2D eigenvalue weighted by molar-refractivity contribution is 5.96. The predicted octanol–water partition coefficient (Wildman–Crippen LogP) is 3.65. The first-order chi connectivity index (χ1) is 20.2. The summed E-state index contributed by atoms with van der Waals surface area (Å²) in [5, 5.41) is 14.2. The van der Waals surface area contributed by atoms with E-state index in [4.69, 9.17) is 5.73 Å². The van der Waals surface area contributed by atoms with Gasteiger partial charge in [0, 0.05) is 36.7 Å². The van der Waals surface area contributed by atoms with E-state index < -0.39 is 18.0 Å². The minimum Gasteiger partial charge on any atom is -0.349 e. The smallest absolute Gasteiger partial charge is 0.349 e. The summed E-state index contributed by atoms with van der Waals surface area (Å²) >= 11 is 0. The number of rotatable bonds is 8. The second-order valence-corrected chi connectivity index (χ2v) is 9.93. The van der Waals surface area contributed by atoms with Gasteiger partial charge in [-0.3, -0.25) is 14.3 Å². The number of fused-ring (bicyclic) bond motifs is 1. The molecule has 3 aromatic heterocycles. The molecule has 0 aliphatic carbocycles. The summed E-state index contributed by atoms with van der Waals surface area (Å²) in [6.45, 7) is 3.35. The van der Waals surface area contributed by atoms with Gasteiger partial charge in [0.05, 0.1) is 36.4 Å². The number of carbonyl (C=O) groups is 2. The monoisotopic (exact) mass is 584 g/mol. The maximum absolute atomic E-state index is 13.4. The molecule has 3 amide bonds. The van der Waals surface area contributed by atoms with Crippen LogP contribution in [-0.2, 0) is 12.6 Å². The highest BCUT2D eigenvalue weighted by Gasteiger charge is 2.36. The van der Waals surface area contributed by atoms with Crippen LogP contribution in [0.5, 0.6) is 0 Å². The number of halogens is 3. The van der Waals surface area contributed by atoms with Crippen molar-refractivity contribution in [3.05, 3.63) is 59.8 Å². The van der Waals surface area contributed by atoms with E-state index in [1.54, 1.807) is 23.1 Å². The fraction of sp³-hybridized carbons (Fsp3) is 0.370. The lowest BCUT2D eigenvalue weighted by Gasteiger charge is -2.28. The van der Waals surface area contributed by atoms with Crippen molar-refractivity contribution in [2.24, 2.45) is 5.73 Å². The Bertz CT molecular complexity index is 1580. The van der Waals surface area contributed by atoms with Gasteiger partial charge in [-0.05, 0) is 49.4 Å². The average molecular weight is 585 g/mol. The minimum atomic E-state index is -4.61. The van der Waals surface area contributed by atoms with E-state index in [-0.39, 0.29) is 29.7 Å². The van der Waals surface area contributed by atoms with Gasteiger partial charge in [-0.15, -0.1) is 0 Å². The normalized spacial score (nSPS) is 14.5. The molecule has 1 saturated heterocycles. The van der Waals surface area contributed by atoms with Crippen molar-refractivity contribution < 1.29 is 22.8 Å². The van der Waals surface area contributed by atoms with E-state index >= 15 is 0 Å². The van der Waals surface area contributed by atoms with Gasteiger partial charge in [-0.25, -0.2) is 14.8 Å². The van der Waals surface area contributed by atoms with Crippen LogP contribution in [0.4, 0.5) is 29.5 Å². The molecule has 15 heteroatoms. The molecular formula is C27H31F3N10O2. The summed E-state index contributed by atoms with van der Waals surface area (Å²) in [6.07, 6.45) is 3.62. The maximum Gasteiger partial charge on any atom is 0.433 e. The molecule has 42 heavy (non-hydrogen) atoms. The fourth-order valence-electron chi connectivity index (χ4n) is 4.92. The summed E-state index contributed by atoms with van der Waals surface area (Å²) in [7, 11) is 0. The van der Waals surface area contributed by atoms with Gasteiger partial charge in [0.1, 0.15) is 5.69 Å². The molecule has 222 valence electrons. The molecule has 1 fully saturated rings. The highest BCUT2D eigenvalue weighted by atomic mass is 19.4. The zero-order valence-corrected chi connectivity index (χ0v) is 22.8. The lowest BCUT2D eigenvalue weighted by molar-refractivity contribution is -0.140. The number of aryl methyl sites for hydroxylation is 1. The van der Waals surface area contributed by atoms with Gasteiger partial charge in [0.15, 0.2) is 11.5 Å². The number of hydrogen-bond acceptors (Lipinski definition) is 7. The third-order valence-corrected chi connectivity index (χ3v) is 7.05. The first-order valence-corrected chi connectivity index (χ1v) is 13.6. The number of amides is 3. The molecule has 0 bridgehead atoms. The minimum absolute atomic E-state index is 0.0580. The van der Waals surface area contributed by atoms with Gasteiger partial charge in [-0.1, -0.05) is 6.92 Å². The SMILES string of the molecule is CCc1cc(Nc2nccn3c(-c4cn[nH]c4C(F)(F)F)cnc23)ccc1C(=O)NCC(N)NC(=O)N1CCCCC1. The number of urea groups is 1. The molecular weight excluding hydrogens is 553 g/mol. The second kappa shape index (κ2) is 12.1. The van der Waals surface area contributed by atoms with Crippen LogP contribution in [0.2, 0.25) is 0 Å². The number of nitrogens with zero attached hydrogens (tertiary/aromatic N) is 5. The zero-order chi connectivity index (χ0) is 29.9. The second-order valence-electron chi connectivity index (χ2n) is 9.93. The number of benzene rings is 1. The quantitative estimate of drug-likeness (QED) is 0.198. The number of piperidine rings is 1. The van der Waals surface area contributed by atoms with Crippen LogP contribution < -0.4 is 21.7 Å². The van der Waals surface area contributed by atoms with E-state index in [2.05, 4.69) is 31.0 Å². The van der Waals surface area contributed by atoms with Crippen LogP contribution in [0.25, 0.3) is 16.9 Å². The number of hydrogen-bond donors (Lipinski definition) is 5. The van der Waals surface area contributed by atoms with E-state index in [1.165, 1.54) is 23.0 Å². The van der Waals surface area contributed by atoms with E-state index in [0.717, 1.165) is 31.0 Å². The Hall–Kier alpha value is -4.66. The van der Waals surface area contributed by atoms with Crippen LogP contribution in [-0.4, -0.2) is 67.2 Å². The Morgan fingerprint density at radius 1 is 1.14 bits per heavy atom. The number of aromatic nitrogens is 5. The number of imidazole rings is 1. The van der Waals surface area contributed by atoms with Crippen molar-refractivity contribution >= 4 is 29.1 Å². The number of nitrogens with one attached hydrogen (secondary N) is 4. The summed E-state index contributed by atoms with van der Waals surface area (Å²) in [4.78, 5) is 35.6. The Morgan fingerprint density at radius 2 is 1.93 bits per heavy atom. The standard InChI is InChI=1S/C27H31F3N10O2/c1-2-16-12-17(6-7-18(16)25(41)34-15-21(31)37-26(42)39-9-4-3-5-10-39)36-23-24-33-14-20(40(24)11-8-32-23)19-13-35-38-22(19)27(28,29)30/h6-8,11-14,21H,2-5,9-10,15,31H2,1H3,(H,32,36)(H,34,41)(H,35,38)(H,37,42). The van der Waals surface area contributed by atoms with Crippen LogP contribution in [0.1, 0.15) is 47.8 Å². The third kappa shape index (κ3) is 6.15. The number of anilines is 2. The zero-order valence-electron chi connectivity index (χ0n) is 22.8. The fourth-order valence-corrected chi connectivity index (χ4v) is 4.92. The summed E-state index contributed by atoms with van der Waals surface area (Å²) in [5.74, 6) is -0.0183. The topological polar surface area (TPSA) is 158 Å². The molecule has 0 radical (unpaired) electrons. The molecule has 1 aromatic carbocycles. The van der Waals surface area contributed by atoms with Crippen LogP contribution in [0.15, 0.2) is 43.0 Å². The van der Waals surface area contributed by atoms with Crippen molar-refractivity contribution in [1.82, 2.24) is 40.1 Å². The van der Waals surface area contributed by atoms with Crippen LogP contribution in [0, 0.1) is 0 Å². The van der Waals surface area contributed by atoms with Gasteiger partial charge >= 0.3 is 12.2 Å². The molecule has 0 spiro atoms. The van der Waals surface area contributed by atoms with Crippen molar-refractivity contribution in [3.8, 4) is 11.3 Å². The van der Waals surface area contributed by atoms with Crippen molar-refractivity contribution in [2.75, 3.05) is 25.0 Å². The number of alkyl halides is 3. The van der Waals surface area contributed by atoms with Crippen LogP contribution in [0.3, 0.4) is 0 Å². The molecule has 1 atom stereocenters. The van der Waals surface area contributed by atoms with E-state index in [1.807, 2.05) is 12.0 Å². The lowest BCUT2D eigenvalue weighted by atomic mass is 10.0. The molecule has 1 aliphatic rings. The highest BCUT2D eigenvalue weighted by Crippen LogP contribution is 2.36. The Morgan fingerprint density at radius 3 is 2.67 bits per heavy atom. The Balaban J connectivity index is 1.27. The van der Waals surface area contributed by atoms with E-state index in [9.17, 15) is 22.8 Å². The van der Waals surface area contributed by atoms with Crippen LogP contribution >= 0.6 is 0 Å². The molecule has 4 aromatic rings. The third-order valence-electron chi connectivity index (χ3n) is 7.05. The Labute approximate surface area is 238 Å². The van der Waals surface area contributed by atoms with Gasteiger partial charge in [0.2, 0.25) is 0 Å². The molecule has 0 saturated carbocycles. The molecule has 12 nitrogen and oxygen atoms in total. The maximum atomic E-state index is 13.4. The first-order valence-electron chi connectivity index (χ1n) is 13.6. The van der Waals surface area contributed by atoms with Crippen molar-refractivity contribution in [2.45, 2.75) is 44.9 Å². The lowest BCUT2D eigenvalue weighted by Crippen LogP contribution is -2.54. The summed E-state index contributed by atoms with van der Waals surface area (Å²) < 4.78 is 41.8. The van der Waals surface area contributed by atoms with Gasteiger partial charge < -0.3 is 26.6 Å². The molecule has 6 N–H and O–H groups in total. The predicted molar refractivity (Wildman–Crippen MR) is 149 cm³/mol. The summed E-state index contributed by atoms with van der Waals surface area (Å²) in [5.41, 5.74) is 7.24. The number of nitrogens with two attached hydrogens (primary N) is 1. The number of H-pyrrole nitrogens is 1. The molecule has 5 rings (SSSR count). The number of likely N-dealkylation sites (tertiary alicyclic amines) is 1. The Kier molecular flexibility index (Phi) is 8.29. The summed E-state index contributed by atoms with van der Waals surface area (Å²) in [6, 6.07) is 4.91. The van der Waals surface area contributed by atoms with Gasteiger partial charge in [0.25, 0.3) is 5.91 Å². The van der Waals surface area contributed by atoms with E-state index in [0.29, 0.717) is 42.2 Å².